The summed E-state index contributed by atoms with van der Waals surface area (Å²) in [5, 5.41) is 6.69. The number of nitrogens with zero attached hydrogens (tertiary/aromatic N) is 6. The van der Waals surface area contributed by atoms with Crippen molar-refractivity contribution in [1.82, 2.24) is 24.3 Å². The van der Waals surface area contributed by atoms with Crippen LogP contribution in [0.15, 0.2) is 55.1 Å². The number of ether oxygens (including phenoxy) is 3. The number of aromatic nitrogens is 5. The first-order valence-electron chi connectivity index (χ1n) is 12.6. The van der Waals surface area contributed by atoms with E-state index in [0.29, 0.717) is 70.3 Å². The average Bonchev–Trinajstić information content (AvgIpc) is 3.37. The Labute approximate surface area is 215 Å². The number of imidazole rings is 1. The molecule has 1 saturated heterocycles. The molecule has 5 heterocycles. The van der Waals surface area contributed by atoms with Crippen LogP contribution in [0, 0.1) is 0 Å². The minimum atomic E-state index is 0.448. The number of pyridine rings is 2. The minimum Gasteiger partial charge on any atom is -0.377 e. The van der Waals surface area contributed by atoms with E-state index in [-0.39, 0.29) is 0 Å². The Morgan fingerprint density at radius 1 is 0.784 bits per heavy atom. The Morgan fingerprint density at radius 3 is 2.35 bits per heavy atom. The van der Waals surface area contributed by atoms with Crippen molar-refractivity contribution in [3.05, 3.63) is 60.7 Å². The maximum absolute atomic E-state index is 5.77. The van der Waals surface area contributed by atoms with Crippen LogP contribution >= 0.6 is 0 Å². The second-order valence-corrected chi connectivity index (χ2v) is 8.52. The van der Waals surface area contributed by atoms with Gasteiger partial charge in [0.15, 0.2) is 0 Å². The van der Waals surface area contributed by atoms with E-state index in [4.69, 9.17) is 24.2 Å². The molecule has 5 rings (SSSR count). The maximum atomic E-state index is 5.77. The molecule has 0 saturated carbocycles. The summed E-state index contributed by atoms with van der Waals surface area (Å²) < 4.78 is 19.0. The lowest BCUT2D eigenvalue weighted by Gasteiger charge is -2.25. The van der Waals surface area contributed by atoms with Crippen LogP contribution in [0.4, 0.5) is 29.1 Å². The van der Waals surface area contributed by atoms with Crippen LogP contribution in [0.25, 0.3) is 5.65 Å². The van der Waals surface area contributed by atoms with Gasteiger partial charge in [-0.1, -0.05) is 6.92 Å². The van der Waals surface area contributed by atoms with Crippen molar-refractivity contribution in [3.63, 3.8) is 0 Å². The number of hydrogen-bond donors (Lipinski definition) is 2. The van der Waals surface area contributed by atoms with Crippen LogP contribution < -0.4 is 15.5 Å². The normalized spacial score (nSPS) is 15.6. The van der Waals surface area contributed by atoms with Crippen molar-refractivity contribution in [2.24, 2.45) is 0 Å². The van der Waals surface area contributed by atoms with Crippen LogP contribution in [0.1, 0.15) is 12.5 Å². The van der Waals surface area contributed by atoms with Crippen molar-refractivity contribution < 1.29 is 14.2 Å². The molecule has 0 amide bonds. The SMILES string of the molecule is CCc1ccnc(Nc2nc(Nc3ccn4ccnc4c3)cc(N3CCOCCOCCOCC3)n2)c1. The summed E-state index contributed by atoms with van der Waals surface area (Å²) in [7, 11) is 0. The zero-order valence-corrected chi connectivity index (χ0v) is 21.0. The Hall–Kier alpha value is -3.80. The lowest BCUT2D eigenvalue weighted by Crippen LogP contribution is -2.33. The van der Waals surface area contributed by atoms with Gasteiger partial charge in [-0.25, -0.2) is 9.97 Å². The highest BCUT2D eigenvalue weighted by molar-refractivity contribution is 5.65. The summed E-state index contributed by atoms with van der Waals surface area (Å²) in [6.45, 7) is 6.74. The number of hydrogen-bond acceptors (Lipinski definition) is 10. The van der Waals surface area contributed by atoms with Crippen molar-refractivity contribution in [2.45, 2.75) is 13.3 Å². The van der Waals surface area contributed by atoms with E-state index in [9.17, 15) is 0 Å². The molecule has 11 heteroatoms. The molecule has 194 valence electrons. The van der Waals surface area contributed by atoms with Gasteiger partial charge in [0.25, 0.3) is 0 Å². The minimum absolute atomic E-state index is 0.448. The smallest absolute Gasteiger partial charge is 0.232 e. The van der Waals surface area contributed by atoms with Gasteiger partial charge in [0.05, 0.1) is 39.6 Å². The lowest BCUT2D eigenvalue weighted by molar-refractivity contribution is 0.0125. The molecule has 2 N–H and O–H groups in total. The Kier molecular flexibility index (Phi) is 8.36. The highest BCUT2D eigenvalue weighted by Crippen LogP contribution is 2.24. The summed E-state index contributed by atoms with van der Waals surface area (Å²) in [4.78, 5) is 20.5. The van der Waals surface area contributed by atoms with Gasteiger partial charge >= 0.3 is 0 Å². The van der Waals surface area contributed by atoms with Crippen LogP contribution in [-0.4, -0.2) is 77.1 Å². The third-order valence-electron chi connectivity index (χ3n) is 5.93. The first-order valence-corrected chi connectivity index (χ1v) is 12.6. The molecule has 0 unspecified atom stereocenters. The van der Waals surface area contributed by atoms with Crippen LogP contribution in [0.5, 0.6) is 0 Å². The molecule has 11 nitrogen and oxygen atoms in total. The standard InChI is InChI=1S/C26H32N8O3/c1-2-20-3-5-27-22(17-20)30-26-31-23(29-21-4-7-33-8-6-28-24(33)18-21)19-25(32-26)34-9-11-35-13-15-37-16-14-36-12-10-34/h3-8,17-19H,2,9-16H2,1H3,(H2,27,29,30,31,32). The van der Waals surface area contributed by atoms with Crippen LogP contribution in [0.2, 0.25) is 0 Å². The van der Waals surface area contributed by atoms with Crippen molar-refractivity contribution in [2.75, 3.05) is 68.3 Å². The Balaban J connectivity index is 1.43. The fourth-order valence-electron chi connectivity index (χ4n) is 3.96. The fourth-order valence-corrected chi connectivity index (χ4v) is 3.96. The molecule has 0 spiro atoms. The van der Waals surface area contributed by atoms with Crippen molar-refractivity contribution in [1.29, 1.82) is 0 Å². The van der Waals surface area contributed by atoms with E-state index in [1.165, 1.54) is 5.56 Å². The predicted octanol–water partition coefficient (Wildman–Crippen LogP) is 3.44. The number of anilines is 5. The molecule has 1 aliphatic rings. The molecule has 0 radical (unpaired) electrons. The quantitative estimate of drug-likeness (QED) is 0.405. The van der Waals surface area contributed by atoms with Crippen molar-refractivity contribution in [3.8, 4) is 0 Å². The highest BCUT2D eigenvalue weighted by Gasteiger charge is 2.14. The van der Waals surface area contributed by atoms with E-state index in [2.05, 4.69) is 32.4 Å². The van der Waals surface area contributed by atoms with Crippen LogP contribution in [0.3, 0.4) is 0 Å². The average molecular weight is 505 g/mol. The summed E-state index contributed by atoms with van der Waals surface area (Å²) in [6, 6.07) is 9.90. The second-order valence-electron chi connectivity index (χ2n) is 8.52. The first kappa shape index (κ1) is 24.9. The third kappa shape index (κ3) is 6.91. The number of aryl methyl sites for hydroxylation is 1. The molecule has 1 aliphatic heterocycles. The molecule has 1 fully saturated rings. The molecular formula is C26H32N8O3. The molecule has 37 heavy (non-hydrogen) atoms. The van der Waals surface area contributed by atoms with Crippen molar-refractivity contribution >= 4 is 34.7 Å². The lowest BCUT2D eigenvalue weighted by atomic mass is 10.2. The Bertz CT molecular complexity index is 1290. The largest absolute Gasteiger partial charge is 0.377 e. The summed E-state index contributed by atoms with van der Waals surface area (Å²) in [5.74, 6) is 2.55. The topological polar surface area (TPSA) is 111 Å². The molecule has 4 aromatic rings. The van der Waals surface area contributed by atoms with E-state index in [1.54, 1.807) is 12.4 Å². The highest BCUT2D eigenvalue weighted by atomic mass is 16.5. The van der Waals surface area contributed by atoms with Gasteiger partial charge in [0.2, 0.25) is 5.95 Å². The summed E-state index contributed by atoms with van der Waals surface area (Å²) in [5.41, 5.74) is 2.90. The second kappa shape index (κ2) is 12.4. The van der Waals surface area contributed by atoms with Gasteiger partial charge < -0.3 is 34.1 Å². The third-order valence-corrected chi connectivity index (χ3v) is 5.93. The van der Waals surface area contributed by atoms with E-state index in [0.717, 1.165) is 23.6 Å². The molecule has 0 atom stereocenters. The van der Waals surface area contributed by atoms with Gasteiger partial charge in [-0.15, -0.1) is 0 Å². The van der Waals surface area contributed by atoms with E-state index < -0.39 is 0 Å². The van der Waals surface area contributed by atoms with E-state index >= 15 is 0 Å². The van der Waals surface area contributed by atoms with E-state index in [1.807, 2.05) is 47.1 Å². The molecular weight excluding hydrogens is 472 g/mol. The van der Waals surface area contributed by atoms with Crippen LogP contribution in [-0.2, 0) is 20.6 Å². The number of rotatable bonds is 6. The van der Waals surface area contributed by atoms with Gasteiger partial charge in [-0.2, -0.15) is 9.97 Å². The number of nitrogens with one attached hydrogen (secondary N) is 2. The zero-order chi connectivity index (χ0) is 25.3. The molecule has 4 aromatic heterocycles. The zero-order valence-electron chi connectivity index (χ0n) is 21.0. The molecule has 0 aromatic carbocycles. The molecule has 0 bridgehead atoms. The van der Waals surface area contributed by atoms with Gasteiger partial charge in [-0.05, 0) is 30.2 Å². The molecule has 0 aliphatic carbocycles. The fraction of sp³-hybridized carbons (Fsp3) is 0.385. The summed E-state index contributed by atoms with van der Waals surface area (Å²) in [6.07, 6.45) is 8.35. The first-order chi connectivity index (χ1) is 18.3. The predicted molar refractivity (Wildman–Crippen MR) is 142 cm³/mol. The monoisotopic (exact) mass is 504 g/mol. The van der Waals surface area contributed by atoms with Gasteiger partial charge in [-0.3, -0.25) is 0 Å². The summed E-state index contributed by atoms with van der Waals surface area (Å²) >= 11 is 0. The van der Waals surface area contributed by atoms with Gasteiger partial charge in [0, 0.05) is 55.7 Å². The maximum Gasteiger partial charge on any atom is 0.232 e. The van der Waals surface area contributed by atoms with Gasteiger partial charge in [0.1, 0.15) is 23.1 Å². The number of fused-ring (bicyclic) bond motifs is 1. The Morgan fingerprint density at radius 2 is 1.57 bits per heavy atom.